The lowest BCUT2D eigenvalue weighted by atomic mass is 10.1. The van der Waals surface area contributed by atoms with Crippen molar-refractivity contribution in [3.8, 4) is 0 Å². The second kappa shape index (κ2) is 12.7. The van der Waals surface area contributed by atoms with Crippen molar-refractivity contribution in [3.05, 3.63) is 95.1 Å². The summed E-state index contributed by atoms with van der Waals surface area (Å²) in [5, 5.41) is 2.86. The molecule has 3 aromatic carbocycles. The van der Waals surface area contributed by atoms with Crippen LogP contribution in [0.4, 0.5) is 5.69 Å². The summed E-state index contributed by atoms with van der Waals surface area (Å²) < 4.78 is 28.8. The minimum atomic E-state index is -4.07. The molecule has 2 amide bonds. The zero-order valence-electron chi connectivity index (χ0n) is 22.8. The van der Waals surface area contributed by atoms with Crippen LogP contribution in [0.2, 0.25) is 0 Å². The zero-order chi connectivity index (χ0) is 27.9. The van der Waals surface area contributed by atoms with Crippen molar-refractivity contribution in [1.82, 2.24) is 10.2 Å². The Bertz CT molecular complexity index is 1350. The van der Waals surface area contributed by atoms with Crippen LogP contribution in [-0.2, 0) is 26.2 Å². The molecule has 0 heterocycles. The number of benzene rings is 3. The highest BCUT2D eigenvalue weighted by atomic mass is 32.2. The van der Waals surface area contributed by atoms with Gasteiger partial charge in [0.1, 0.15) is 12.6 Å². The maximum atomic E-state index is 13.9. The van der Waals surface area contributed by atoms with Gasteiger partial charge in [0.25, 0.3) is 10.0 Å². The number of carbonyl (C=O) groups is 2. The van der Waals surface area contributed by atoms with Crippen LogP contribution >= 0.6 is 0 Å². The fourth-order valence-electron chi connectivity index (χ4n) is 4.03. The number of hydrogen-bond donors (Lipinski definition) is 1. The van der Waals surface area contributed by atoms with E-state index in [1.807, 2.05) is 64.1 Å². The summed E-state index contributed by atoms with van der Waals surface area (Å²) in [5.41, 5.74) is 4.14. The molecule has 0 saturated carbocycles. The second-order valence-corrected chi connectivity index (χ2v) is 11.4. The van der Waals surface area contributed by atoms with E-state index in [0.29, 0.717) is 12.2 Å². The SMILES string of the molecule is CCCNC(=O)[C@@H](C)N(Cc1ccccc1C)C(=O)CN(c1ccc(C)cc1)S(=O)(=O)c1ccc(C)cc1. The molecule has 0 spiro atoms. The van der Waals surface area contributed by atoms with Crippen molar-refractivity contribution >= 4 is 27.5 Å². The Morgan fingerprint density at radius 3 is 2.03 bits per heavy atom. The van der Waals surface area contributed by atoms with Crippen LogP contribution < -0.4 is 9.62 Å². The lowest BCUT2D eigenvalue weighted by Gasteiger charge is -2.32. The molecule has 1 atom stereocenters. The van der Waals surface area contributed by atoms with E-state index in [9.17, 15) is 18.0 Å². The van der Waals surface area contributed by atoms with E-state index in [-0.39, 0.29) is 17.3 Å². The van der Waals surface area contributed by atoms with E-state index < -0.39 is 28.5 Å². The predicted octanol–water partition coefficient (Wildman–Crippen LogP) is 4.75. The summed E-state index contributed by atoms with van der Waals surface area (Å²) in [6.45, 7) is 9.59. The van der Waals surface area contributed by atoms with Gasteiger partial charge < -0.3 is 10.2 Å². The Balaban J connectivity index is 2.02. The first kappa shape index (κ1) is 28.9. The van der Waals surface area contributed by atoms with Crippen LogP contribution in [0.1, 0.15) is 42.5 Å². The molecule has 38 heavy (non-hydrogen) atoms. The molecule has 0 fully saturated rings. The Morgan fingerprint density at radius 1 is 0.868 bits per heavy atom. The summed E-state index contributed by atoms with van der Waals surface area (Å²) >= 11 is 0. The molecule has 0 bridgehead atoms. The lowest BCUT2D eigenvalue weighted by molar-refractivity contribution is -0.139. The van der Waals surface area contributed by atoms with Gasteiger partial charge in [0.2, 0.25) is 11.8 Å². The second-order valence-electron chi connectivity index (χ2n) is 9.58. The van der Waals surface area contributed by atoms with E-state index >= 15 is 0 Å². The van der Waals surface area contributed by atoms with Crippen LogP contribution in [-0.4, -0.2) is 44.3 Å². The molecule has 0 saturated heterocycles. The molecule has 0 aliphatic heterocycles. The Hall–Kier alpha value is -3.65. The van der Waals surface area contributed by atoms with Gasteiger partial charge in [-0.05, 0) is 69.5 Å². The quantitative estimate of drug-likeness (QED) is 0.384. The first-order valence-corrected chi connectivity index (χ1v) is 14.3. The number of nitrogens with zero attached hydrogens (tertiary/aromatic N) is 2. The van der Waals surface area contributed by atoms with Gasteiger partial charge in [-0.3, -0.25) is 13.9 Å². The molecule has 8 heteroatoms. The maximum Gasteiger partial charge on any atom is 0.264 e. The van der Waals surface area contributed by atoms with Crippen LogP contribution in [0, 0.1) is 20.8 Å². The van der Waals surface area contributed by atoms with Crippen molar-refractivity contribution in [2.24, 2.45) is 0 Å². The van der Waals surface area contributed by atoms with Crippen molar-refractivity contribution < 1.29 is 18.0 Å². The highest BCUT2D eigenvalue weighted by Crippen LogP contribution is 2.25. The van der Waals surface area contributed by atoms with Crippen molar-refractivity contribution in [2.75, 3.05) is 17.4 Å². The third-order valence-corrected chi connectivity index (χ3v) is 8.32. The number of anilines is 1. The van der Waals surface area contributed by atoms with Crippen molar-refractivity contribution in [1.29, 1.82) is 0 Å². The monoisotopic (exact) mass is 535 g/mol. The highest BCUT2D eigenvalue weighted by Gasteiger charge is 2.32. The Morgan fingerprint density at radius 2 is 1.45 bits per heavy atom. The standard InChI is InChI=1S/C30H37N3O4S/c1-6-19-31-30(35)25(5)32(20-26-10-8-7-9-24(26)4)29(34)21-33(27-15-11-22(2)12-16-27)38(36,37)28-17-13-23(3)14-18-28/h7-18,25H,6,19-21H2,1-5H3,(H,31,35)/t25-/m1/s1. The summed E-state index contributed by atoms with van der Waals surface area (Å²) in [4.78, 5) is 28.4. The first-order chi connectivity index (χ1) is 18.0. The molecule has 3 aromatic rings. The third kappa shape index (κ3) is 7.01. The van der Waals surface area contributed by atoms with E-state index in [1.54, 1.807) is 43.3 Å². The Labute approximate surface area is 226 Å². The minimum Gasteiger partial charge on any atom is -0.354 e. The topological polar surface area (TPSA) is 86.8 Å². The molecule has 0 radical (unpaired) electrons. The molecule has 7 nitrogen and oxygen atoms in total. The largest absolute Gasteiger partial charge is 0.354 e. The van der Waals surface area contributed by atoms with Gasteiger partial charge in [0.15, 0.2) is 0 Å². The first-order valence-electron chi connectivity index (χ1n) is 12.8. The van der Waals surface area contributed by atoms with E-state index in [0.717, 1.165) is 33.0 Å². The van der Waals surface area contributed by atoms with Gasteiger partial charge in [0, 0.05) is 13.1 Å². The van der Waals surface area contributed by atoms with Gasteiger partial charge in [-0.1, -0.05) is 66.6 Å². The smallest absolute Gasteiger partial charge is 0.264 e. The van der Waals surface area contributed by atoms with Crippen LogP contribution in [0.15, 0.2) is 77.7 Å². The predicted molar refractivity (Wildman–Crippen MR) is 151 cm³/mol. The third-order valence-electron chi connectivity index (χ3n) is 6.53. The zero-order valence-corrected chi connectivity index (χ0v) is 23.6. The summed E-state index contributed by atoms with van der Waals surface area (Å²) in [6, 6.07) is 20.4. The number of carbonyl (C=O) groups excluding carboxylic acids is 2. The molecule has 1 N–H and O–H groups in total. The Kier molecular flexibility index (Phi) is 9.69. The van der Waals surface area contributed by atoms with Crippen molar-refractivity contribution in [3.63, 3.8) is 0 Å². The number of rotatable bonds is 11. The number of nitrogens with one attached hydrogen (secondary N) is 1. The molecule has 0 aliphatic rings. The van der Waals surface area contributed by atoms with Crippen LogP contribution in [0.5, 0.6) is 0 Å². The van der Waals surface area contributed by atoms with Gasteiger partial charge in [-0.2, -0.15) is 0 Å². The van der Waals surface area contributed by atoms with Gasteiger partial charge >= 0.3 is 0 Å². The van der Waals surface area contributed by atoms with Gasteiger partial charge in [0.05, 0.1) is 10.6 Å². The average Bonchev–Trinajstić information content (AvgIpc) is 2.90. The molecule has 3 rings (SSSR count). The summed E-state index contributed by atoms with van der Waals surface area (Å²) in [7, 11) is -4.07. The maximum absolute atomic E-state index is 13.9. The number of amides is 2. The summed E-state index contributed by atoms with van der Waals surface area (Å²) in [5.74, 6) is -0.749. The number of hydrogen-bond acceptors (Lipinski definition) is 4. The normalized spacial score (nSPS) is 12.0. The molecule has 0 aromatic heterocycles. The summed E-state index contributed by atoms with van der Waals surface area (Å²) in [6.07, 6.45) is 0.764. The molecule has 0 unspecified atom stereocenters. The van der Waals surface area contributed by atoms with Gasteiger partial charge in [-0.15, -0.1) is 0 Å². The highest BCUT2D eigenvalue weighted by molar-refractivity contribution is 7.92. The van der Waals surface area contributed by atoms with E-state index in [1.165, 1.54) is 4.90 Å². The fraction of sp³-hybridized carbons (Fsp3) is 0.333. The average molecular weight is 536 g/mol. The van der Waals surface area contributed by atoms with Crippen LogP contribution in [0.25, 0.3) is 0 Å². The van der Waals surface area contributed by atoms with Gasteiger partial charge in [-0.25, -0.2) is 8.42 Å². The molecular weight excluding hydrogens is 498 g/mol. The lowest BCUT2D eigenvalue weighted by Crippen LogP contribution is -2.51. The number of aryl methyl sites for hydroxylation is 3. The molecule has 202 valence electrons. The van der Waals surface area contributed by atoms with E-state index in [4.69, 9.17) is 0 Å². The minimum absolute atomic E-state index is 0.0932. The van der Waals surface area contributed by atoms with E-state index in [2.05, 4.69) is 5.32 Å². The van der Waals surface area contributed by atoms with Crippen LogP contribution in [0.3, 0.4) is 0 Å². The molecular formula is C30H37N3O4S. The molecule has 0 aliphatic carbocycles. The number of sulfonamides is 1. The van der Waals surface area contributed by atoms with Crippen molar-refractivity contribution in [2.45, 2.75) is 58.5 Å². The fourth-order valence-corrected chi connectivity index (χ4v) is 5.44.